The molecule has 3 rings (SSSR count). The smallest absolute Gasteiger partial charge is 0.0906 e. The van der Waals surface area contributed by atoms with Crippen molar-refractivity contribution in [3.8, 4) is 6.07 Å². The lowest BCUT2D eigenvalue weighted by Gasteiger charge is -2.35. The maximum absolute atomic E-state index is 8.70. The molecule has 0 fully saturated rings. The molecule has 142 valence electrons. The molecule has 3 aromatic rings. The Morgan fingerprint density at radius 3 is 1.46 bits per heavy atom. The first-order chi connectivity index (χ1) is 13.9. The first-order valence-corrected chi connectivity index (χ1v) is 11.0. The summed E-state index contributed by atoms with van der Waals surface area (Å²) in [6.45, 7) is 0. The van der Waals surface area contributed by atoms with Crippen LogP contribution >= 0.6 is 11.8 Å². The van der Waals surface area contributed by atoms with Gasteiger partial charge in [-0.2, -0.15) is 5.26 Å². The molecule has 0 bridgehead atoms. The summed E-state index contributed by atoms with van der Waals surface area (Å²) >= 11 is 2.03. The summed E-state index contributed by atoms with van der Waals surface area (Å²) in [6, 6.07) is 34.8. The summed E-state index contributed by atoms with van der Waals surface area (Å²) in [5.41, 5.74) is 3.96. The van der Waals surface area contributed by atoms with Gasteiger partial charge in [-0.15, -0.1) is 11.8 Å². The van der Waals surface area contributed by atoms with E-state index < -0.39 is 0 Å². The second-order valence-corrected chi connectivity index (χ2v) is 8.26. The van der Waals surface area contributed by atoms with E-state index in [0.717, 1.165) is 18.6 Å². The topological polar surface area (TPSA) is 23.8 Å². The van der Waals surface area contributed by atoms with Crippen molar-refractivity contribution < 1.29 is 0 Å². The van der Waals surface area contributed by atoms with Gasteiger partial charge in [-0.3, -0.25) is 0 Å². The molecule has 0 aliphatic carbocycles. The molecule has 0 N–H and O–H groups in total. The second kappa shape index (κ2) is 10.7. The molecule has 0 unspecified atom stereocenters. The van der Waals surface area contributed by atoms with Crippen LogP contribution in [0, 0.1) is 11.3 Å². The van der Waals surface area contributed by atoms with Crippen molar-refractivity contribution >= 4 is 11.8 Å². The van der Waals surface area contributed by atoms with E-state index in [1.165, 1.54) is 29.5 Å². The minimum atomic E-state index is -0.212. The predicted octanol–water partition coefficient (Wildman–Crippen LogP) is 7.19. The minimum Gasteiger partial charge on any atom is -0.198 e. The van der Waals surface area contributed by atoms with Crippen molar-refractivity contribution in [3.63, 3.8) is 0 Å². The van der Waals surface area contributed by atoms with Crippen LogP contribution < -0.4 is 0 Å². The van der Waals surface area contributed by atoms with Crippen LogP contribution in [0.3, 0.4) is 0 Å². The standard InChI is InChI=1S/C26H27NS/c27-21-13-2-1-3-14-22-28-26(23-15-7-4-8-16-23,24-17-9-5-10-18-24)25-19-11-6-12-20-25/h4-12,15-20H,1-3,13-14,22H2. The molecule has 0 saturated heterocycles. The molecule has 0 saturated carbocycles. The second-order valence-electron chi connectivity index (χ2n) is 6.95. The van der Waals surface area contributed by atoms with E-state index in [-0.39, 0.29) is 4.75 Å². The number of unbranched alkanes of at least 4 members (excludes halogenated alkanes) is 4. The Balaban J connectivity index is 1.92. The molecule has 0 spiro atoms. The van der Waals surface area contributed by atoms with Gasteiger partial charge in [0, 0.05) is 6.42 Å². The van der Waals surface area contributed by atoms with E-state index in [4.69, 9.17) is 5.26 Å². The Hall–Kier alpha value is -2.50. The normalized spacial score (nSPS) is 11.1. The maximum atomic E-state index is 8.70. The molecule has 0 aliphatic heterocycles. The Labute approximate surface area is 173 Å². The van der Waals surface area contributed by atoms with Crippen molar-refractivity contribution in [2.24, 2.45) is 0 Å². The molecule has 0 aromatic heterocycles. The van der Waals surface area contributed by atoms with Crippen LogP contribution in [-0.4, -0.2) is 5.75 Å². The van der Waals surface area contributed by atoms with Crippen molar-refractivity contribution in [3.05, 3.63) is 108 Å². The zero-order chi connectivity index (χ0) is 19.5. The number of thioether (sulfide) groups is 1. The van der Waals surface area contributed by atoms with Crippen molar-refractivity contribution in [1.29, 1.82) is 5.26 Å². The lowest BCUT2D eigenvalue weighted by Crippen LogP contribution is -2.26. The third-order valence-corrected chi connectivity index (χ3v) is 6.68. The van der Waals surface area contributed by atoms with Gasteiger partial charge in [0.15, 0.2) is 0 Å². The highest BCUT2D eigenvalue weighted by molar-refractivity contribution is 8.00. The molecule has 1 nitrogen and oxygen atoms in total. The lowest BCUT2D eigenvalue weighted by atomic mass is 9.84. The molecular formula is C26H27NS. The van der Waals surface area contributed by atoms with Crippen LogP contribution in [0.1, 0.15) is 48.8 Å². The van der Waals surface area contributed by atoms with E-state index in [2.05, 4.69) is 97.1 Å². The highest BCUT2D eigenvalue weighted by atomic mass is 32.2. The van der Waals surface area contributed by atoms with Crippen LogP contribution in [0.2, 0.25) is 0 Å². The van der Waals surface area contributed by atoms with Crippen LogP contribution in [0.4, 0.5) is 0 Å². The summed E-state index contributed by atoms with van der Waals surface area (Å²) in [6.07, 6.45) is 5.19. The van der Waals surface area contributed by atoms with E-state index in [0.29, 0.717) is 6.42 Å². The molecule has 3 aromatic carbocycles. The number of benzene rings is 3. The number of rotatable bonds is 10. The first kappa shape index (κ1) is 20.2. The van der Waals surface area contributed by atoms with E-state index in [1.54, 1.807) is 0 Å². The summed E-state index contributed by atoms with van der Waals surface area (Å²) in [7, 11) is 0. The number of nitrogens with zero attached hydrogens (tertiary/aromatic N) is 1. The minimum absolute atomic E-state index is 0.212. The number of hydrogen-bond acceptors (Lipinski definition) is 2. The SMILES string of the molecule is N#CCCCCCCSC(c1ccccc1)(c1ccccc1)c1ccccc1. The fourth-order valence-corrected chi connectivity index (χ4v) is 5.22. The van der Waals surface area contributed by atoms with E-state index in [9.17, 15) is 0 Å². The van der Waals surface area contributed by atoms with Gasteiger partial charge in [0.05, 0.1) is 10.8 Å². The number of nitriles is 1. The molecule has 28 heavy (non-hydrogen) atoms. The van der Waals surface area contributed by atoms with Gasteiger partial charge in [0.25, 0.3) is 0 Å². The summed E-state index contributed by atoms with van der Waals surface area (Å²) in [5, 5.41) is 8.70. The van der Waals surface area contributed by atoms with Crippen molar-refractivity contribution in [2.75, 3.05) is 5.75 Å². The summed E-state index contributed by atoms with van der Waals surface area (Å²) in [4.78, 5) is 0. The van der Waals surface area contributed by atoms with Gasteiger partial charge in [0.2, 0.25) is 0 Å². The molecule has 0 heterocycles. The van der Waals surface area contributed by atoms with Crippen molar-refractivity contribution in [2.45, 2.75) is 36.9 Å². The van der Waals surface area contributed by atoms with Crippen LogP contribution in [0.5, 0.6) is 0 Å². The Kier molecular flexibility index (Phi) is 7.76. The predicted molar refractivity (Wildman–Crippen MR) is 120 cm³/mol. The van der Waals surface area contributed by atoms with Crippen LogP contribution in [-0.2, 0) is 4.75 Å². The number of hydrogen-bond donors (Lipinski definition) is 0. The Morgan fingerprint density at radius 1 is 0.607 bits per heavy atom. The highest BCUT2D eigenvalue weighted by Crippen LogP contribution is 2.48. The molecule has 2 heteroatoms. The average molecular weight is 386 g/mol. The van der Waals surface area contributed by atoms with E-state index >= 15 is 0 Å². The van der Waals surface area contributed by atoms with Gasteiger partial charge in [-0.05, 0) is 35.3 Å². The first-order valence-electron chi connectivity index (χ1n) is 10.1. The fourth-order valence-electron chi connectivity index (χ4n) is 3.65. The Morgan fingerprint density at radius 2 is 1.04 bits per heavy atom. The highest BCUT2D eigenvalue weighted by Gasteiger charge is 2.36. The van der Waals surface area contributed by atoms with Crippen LogP contribution in [0.15, 0.2) is 91.0 Å². The van der Waals surface area contributed by atoms with Gasteiger partial charge >= 0.3 is 0 Å². The largest absolute Gasteiger partial charge is 0.198 e. The van der Waals surface area contributed by atoms with Crippen LogP contribution in [0.25, 0.3) is 0 Å². The van der Waals surface area contributed by atoms with Crippen molar-refractivity contribution in [1.82, 2.24) is 0 Å². The van der Waals surface area contributed by atoms with Gasteiger partial charge in [-0.25, -0.2) is 0 Å². The molecule has 0 amide bonds. The molecule has 0 atom stereocenters. The molecule has 0 radical (unpaired) electrons. The molecule has 0 aliphatic rings. The maximum Gasteiger partial charge on any atom is 0.0906 e. The quantitative estimate of drug-likeness (QED) is 0.272. The van der Waals surface area contributed by atoms with Gasteiger partial charge < -0.3 is 0 Å². The third-order valence-electron chi connectivity index (χ3n) is 5.04. The molecular weight excluding hydrogens is 358 g/mol. The summed E-state index contributed by atoms with van der Waals surface area (Å²) < 4.78 is -0.212. The van der Waals surface area contributed by atoms with E-state index in [1.807, 2.05) is 11.8 Å². The van der Waals surface area contributed by atoms with Gasteiger partial charge in [0.1, 0.15) is 0 Å². The zero-order valence-electron chi connectivity index (χ0n) is 16.3. The monoisotopic (exact) mass is 385 g/mol. The fraction of sp³-hybridized carbons (Fsp3) is 0.269. The summed E-state index contributed by atoms with van der Waals surface area (Å²) in [5.74, 6) is 1.09. The third kappa shape index (κ3) is 4.86. The van der Waals surface area contributed by atoms with Gasteiger partial charge in [-0.1, -0.05) is 104 Å². The Bertz CT molecular complexity index is 757. The lowest BCUT2D eigenvalue weighted by molar-refractivity contribution is 0.680. The average Bonchev–Trinajstić information content (AvgIpc) is 2.78. The zero-order valence-corrected chi connectivity index (χ0v) is 17.1.